The maximum atomic E-state index is 12.6. The van der Waals surface area contributed by atoms with Crippen molar-refractivity contribution in [2.45, 2.75) is 31.6 Å². The van der Waals surface area contributed by atoms with E-state index in [4.69, 9.17) is 17.3 Å². The summed E-state index contributed by atoms with van der Waals surface area (Å²) >= 11 is 5.82. The lowest BCUT2D eigenvalue weighted by Gasteiger charge is -2.33. The number of piperidine rings is 1. The molecule has 1 saturated heterocycles. The standard InChI is InChI=1S/C14H21ClN2O2S/c1-10(2)11-5-7-17(8-6-11)20(18,19)14-4-3-12(15)9-13(14)16/h3-4,9-11H,5-8,16H2,1-2H3. The van der Waals surface area contributed by atoms with E-state index in [0.717, 1.165) is 12.8 Å². The molecule has 0 bridgehead atoms. The fourth-order valence-corrected chi connectivity index (χ4v) is 4.42. The van der Waals surface area contributed by atoms with Crippen LogP contribution in [0.15, 0.2) is 23.1 Å². The summed E-state index contributed by atoms with van der Waals surface area (Å²) in [7, 11) is -3.51. The normalized spacial score (nSPS) is 18.6. The highest BCUT2D eigenvalue weighted by Gasteiger charge is 2.31. The molecule has 0 unspecified atom stereocenters. The smallest absolute Gasteiger partial charge is 0.245 e. The monoisotopic (exact) mass is 316 g/mol. The Kier molecular flexibility index (Phi) is 4.62. The van der Waals surface area contributed by atoms with Crippen LogP contribution in [0.4, 0.5) is 5.69 Å². The van der Waals surface area contributed by atoms with E-state index < -0.39 is 10.0 Å². The first-order chi connectivity index (χ1) is 9.32. The van der Waals surface area contributed by atoms with E-state index in [2.05, 4.69) is 13.8 Å². The molecule has 6 heteroatoms. The van der Waals surface area contributed by atoms with Gasteiger partial charge in [0.25, 0.3) is 0 Å². The van der Waals surface area contributed by atoms with Crippen LogP contribution in [0.5, 0.6) is 0 Å². The van der Waals surface area contributed by atoms with Crippen LogP contribution in [-0.4, -0.2) is 25.8 Å². The Morgan fingerprint density at radius 3 is 2.40 bits per heavy atom. The maximum Gasteiger partial charge on any atom is 0.245 e. The van der Waals surface area contributed by atoms with Crippen molar-refractivity contribution in [2.24, 2.45) is 11.8 Å². The molecule has 1 heterocycles. The van der Waals surface area contributed by atoms with Gasteiger partial charge in [0, 0.05) is 18.1 Å². The molecule has 2 N–H and O–H groups in total. The van der Waals surface area contributed by atoms with Crippen LogP contribution in [0.25, 0.3) is 0 Å². The lowest BCUT2D eigenvalue weighted by atomic mass is 9.87. The molecule has 0 aromatic heterocycles. The summed E-state index contributed by atoms with van der Waals surface area (Å²) in [5.41, 5.74) is 6.01. The van der Waals surface area contributed by atoms with E-state index in [1.54, 1.807) is 6.07 Å². The summed E-state index contributed by atoms with van der Waals surface area (Å²) in [5.74, 6) is 1.20. The molecule has 0 saturated carbocycles. The van der Waals surface area contributed by atoms with Crippen LogP contribution in [0.3, 0.4) is 0 Å². The van der Waals surface area contributed by atoms with Crippen molar-refractivity contribution in [3.05, 3.63) is 23.2 Å². The van der Waals surface area contributed by atoms with Crippen molar-refractivity contribution in [3.8, 4) is 0 Å². The van der Waals surface area contributed by atoms with Gasteiger partial charge in [-0.1, -0.05) is 25.4 Å². The van der Waals surface area contributed by atoms with Crippen molar-refractivity contribution >= 4 is 27.3 Å². The summed E-state index contributed by atoms with van der Waals surface area (Å²) in [5, 5.41) is 0.444. The Bertz CT molecular complexity index is 579. The Morgan fingerprint density at radius 2 is 1.90 bits per heavy atom. The Morgan fingerprint density at radius 1 is 1.30 bits per heavy atom. The molecule has 0 atom stereocenters. The van der Waals surface area contributed by atoms with Crippen LogP contribution in [0.1, 0.15) is 26.7 Å². The number of sulfonamides is 1. The molecule has 0 amide bonds. The second-order valence-electron chi connectivity index (χ2n) is 5.67. The van der Waals surface area contributed by atoms with E-state index >= 15 is 0 Å². The molecule has 1 aromatic carbocycles. The number of hydrogen-bond acceptors (Lipinski definition) is 3. The average Bonchev–Trinajstić information content (AvgIpc) is 2.38. The fraction of sp³-hybridized carbons (Fsp3) is 0.571. The summed E-state index contributed by atoms with van der Waals surface area (Å²) < 4.78 is 26.7. The van der Waals surface area contributed by atoms with Crippen molar-refractivity contribution < 1.29 is 8.42 Å². The molecule has 112 valence electrons. The molecule has 1 fully saturated rings. The minimum absolute atomic E-state index is 0.157. The highest BCUT2D eigenvalue weighted by atomic mass is 35.5. The zero-order chi connectivity index (χ0) is 14.9. The van der Waals surface area contributed by atoms with Gasteiger partial charge in [0.15, 0.2) is 0 Å². The highest BCUT2D eigenvalue weighted by molar-refractivity contribution is 7.89. The number of benzene rings is 1. The number of nitrogens with two attached hydrogens (primary N) is 1. The quantitative estimate of drug-likeness (QED) is 0.872. The summed E-state index contributed by atoms with van der Waals surface area (Å²) in [6, 6.07) is 4.53. The second kappa shape index (κ2) is 5.92. The molecule has 0 spiro atoms. The van der Waals surface area contributed by atoms with E-state index in [1.807, 2.05) is 0 Å². The third-order valence-corrected chi connectivity index (χ3v) is 6.24. The Labute approximate surface area is 126 Å². The van der Waals surface area contributed by atoms with Gasteiger partial charge >= 0.3 is 0 Å². The second-order valence-corrected chi connectivity index (χ2v) is 8.01. The fourth-order valence-electron chi connectivity index (χ4n) is 2.68. The van der Waals surface area contributed by atoms with Crippen LogP contribution >= 0.6 is 11.6 Å². The summed E-state index contributed by atoms with van der Waals surface area (Å²) in [6.45, 7) is 5.50. The van der Waals surface area contributed by atoms with E-state index in [9.17, 15) is 8.42 Å². The van der Waals surface area contributed by atoms with E-state index in [0.29, 0.717) is 29.9 Å². The molecular formula is C14H21ClN2O2S. The van der Waals surface area contributed by atoms with Gasteiger partial charge in [-0.2, -0.15) is 4.31 Å². The van der Waals surface area contributed by atoms with Crippen molar-refractivity contribution in [1.82, 2.24) is 4.31 Å². The largest absolute Gasteiger partial charge is 0.398 e. The molecule has 1 aromatic rings. The minimum Gasteiger partial charge on any atom is -0.398 e. The zero-order valence-corrected chi connectivity index (χ0v) is 13.4. The molecule has 20 heavy (non-hydrogen) atoms. The summed E-state index contributed by atoms with van der Waals surface area (Å²) in [4.78, 5) is 0.157. The Balaban J connectivity index is 2.20. The lowest BCUT2D eigenvalue weighted by molar-refractivity contribution is 0.226. The van der Waals surface area contributed by atoms with Crippen LogP contribution in [0, 0.1) is 11.8 Å². The SMILES string of the molecule is CC(C)C1CCN(S(=O)(=O)c2ccc(Cl)cc2N)CC1. The number of nitrogens with zero attached hydrogens (tertiary/aromatic N) is 1. The average molecular weight is 317 g/mol. The van der Waals surface area contributed by atoms with Crippen molar-refractivity contribution in [3.63, 3.8) is 0 Å². The van der Waals surface area contributed by atoms with Crippen molar-refractivity contribution in [2.75, 3.05) is 18.8 Å². The molecule has 2 rings (SSSR count). The number of nitrogen functional groups attached to an aromatic ring is 1. The van der Waals surface area contributed by atoms with Gasteiger partial charge in [-0.15, -0.1) is 0 Å². The lowest BCUT2D eigenvalue weighted by Crippen LogP contribution is -2.39. The molecule has 4 nitrogen and oxygen atoms in total. The highest BCUT2D eigenvalue weighted by Crippen LogP contribution is 2.30. The molecule has 1 aliphatic rings. The van der Waals surface area contributed by atoms with Crippen LogP contribution in [0.2, 0.25) is 5.02 Å². The first-order valence-corrected chi connectivity index (χ1v) is 8.69. The van der Waals surface area contributed by atoms with E-state index in [-0.39, 0.29) is 10.6 Å². The molecule has 0 aliphatic carbocycles. The summed E-state index contributed by atoms with van der Waals surface area (Å²) in [6.07, 6.45) is 1.81. The first-order valence-electron chi connectivity index (χ1n) is 6.87. The van der Waals surface area contributed by atoms with Crippen molar-refractivity contribution in [1.29, 1.82) is 0 Å². The van der Waals surface area contributed by atoms with Gasteiger partial charge in [-0.05, 0) is 42.9 Å². The minimum atomic E-state index is -3.51. The number of anilines is 1. The van der Waals surface area contributed by atoms with Gasteiger partial charge in [0.1, 0.15) is 4.90 Å². The molecule has 0 radical (unpaired) electrons. The van der Waals surface area contributed by atoms with E-state index in [1.165, 1.54) is 16.4 Å². The first kappa shape index (κ1) is 15.6. The van der Waals surface area contributed by atoms with Crippen LogP contribution in [-0.2, 0) is 10.0 Å². The van der Waals surface area contributed by atoms with Gasteiger partial charge in [-0.3, -0.25) is 0 Å². The van der Waals surface area contributed by atoms with Gasteiger partial charge in [-0.25, -0.2) is 8.42 Å². The number of hydrogen-bond donors (Lipinski definition) is 1. The molecular weight excluding hydrogens is 296 g/mol. The predicted molar refractivity (Wildman–Crippen MR) is 82.2 cm³/mol. The third kappa shape index (κ3) is 3.10. The van der Waals surface area contributed by atoms with Gasteiger partial charge < -0.3 is 5.73 Å². The maximum absolute atomic E-state index is 12.6. The number of rotatable bonds is 3. The molecule has 1 aliphatic heterocycles. The predicted octanol–water partition coefficient (Wildman–Crippen LogP) is 2.98. The van der Waals surface area contributed by atoms with Crippen LogP contribution < -0.4 is 5.73 Å². The zero-order valence-electron chi connectivity index (χ0n) is 11.8. The third-order valence-electron chi connectivity index (χ3n) is 4.03. The van der Waals surface area contributed by atoms with Gasteiger partial charge in [0.05, 0.1) is 5.69 Å². The Hall–Kier alpha value is -0.780. The topological polar surface area (TPSA) is 63.4 Å². The number of halogens is 1. The van der Waals surface area contributed by atoms with Gasteiger partial charge in [0.2, 0.25) is 10.0 Å².